The zero-order valence-electron chi connectivity index (χ0n) is 12.9. The molecule has 1 aliphatic heterocycles. The lowest BCUT2D eigenvalue weighted by Crippen LogP contribution is -2.40. The predicted octanol–water partition coefficient (Wildman–Crippen LogP) is 1.48. The average Bonchev–Trinajstić information content (AvgIpc) is 3.14. The first-order valence-electron chi connectivity index (χ1n) is 8.19. The number of nitrogens with zero attached hydrogens (tertiary/aromatic N) is 4. The fraction of sp³-hybridized carbons (Fsp3) is 0.500. The highest BCUT2D eigenvalue weighted by Gasteiger charge is 2.28. The minimum atomic E-state index is -0.112. The van der Waals surface area contributed by atoms with Gasteiger partial charge in [0.05, 0.1) is 0 Å². The molecule has 2 fully saturated rings. The van der Waals surface area contributed by atoms with Crippen LogP contribution in [0, 0.1) is 0 Å². The minimum Gasteiger partial charge on any atom is -0.350 e. The van der Waals surface area contributed by atoms with Gasteiger partial charge in [-0.2, -0.15) is 10.2 Å². The van der Waals surface area contributed by atoms with Gasteiger partial charge in [-0.25, -0.2) is 0 Å². The van der Waals surface area contributed by atoms with Crippen LogP contribution in [0.1, 0.15) is 47.8 Å². The van der Waals surface area contributed by atoms with Gasteiger partial charge in [-0.3, -0.25) is 9.89 Å². The number of anilines is 1. The molecule has 7 nitrogen and oxygen atoms in total. The molecule has 2 N–H and O–H groups in total. The van der Waals surface area contributed by atoms with E-state index in [9.17, 15) is 4.79 Å². The van der Waals surface area contributed by atoms with E-state index in [1.807, 2.05) is 18.2 Å². The lowest BCUT2D eigenvalue weighted by Gasteiger charge is -2.25. The van der Waals surface area contributed by atoms with Crippen molar-refractivity contribution in [3.63, 3.8) is 0 Å². The Balaban J connectivity index is 1.36. The van der Waals surface area contributed by atoms with Crippen molar-refractivity contribution in [3.05, 3.63) is 35.8 Å². The van der Waals surface area contributed by atoms with Gasteiger partial charge < -0.3 is 10.2 Å². The van der Waals surface area contributed by atoms with Gasteiger partial charge in [0, 0.05) is 36.9 Å². The number of rotatable bonds is 5. The van der Waals surface area contributed by atoms with E-state index in [4.69, 9.17) is 0 Å². The maximum atomic E-state index is 12.3. The van der Waals surface area contributed by atoms with Crippen LogP contribution in [0.4, 0.5) is 5.82 Å². The maximum absolute atomic E-state index is 12.3. The second-order valence-electron chi connectivity index (χ2n) is 6.26. The lowest BCUT2D eigenvalue weighted by atomic mass is 10.2. The third kappa shape index (κ3) is 3.04. The highest BCUT2D eigenvalue weighted by molar-refractivity contribution is 5.92. The molecule has 1 atom stereocenters. The summed E-state index contributed by atoms with van der Waals surface area (Å²) in [6.07, 6.45) is 6.21. The molecule has 1 saturated heterocycles. The maximum Gasteiger partial charge on any atom is 0.271 e. The Kier molecular flexibility index (Phi) is 3.69. The normalized spacial score (nSPS) is 20.7. The molecule has 0 radical (unpaired) electrons. The van der Waals surface area contributed by atoms with Gasteiger partial charge in [-0.15, -0.1) is 5.10 Å². The molecule has 2 aromatic rings. The Bertz CT molecular complexity index is 681. The number of aromatic amines is 1. The first kappa shape index (κ1) is 14.2. The van der Waals surface area contributed by atoms with Crippen molar-refractivity contribution in [2.24, 2.45) is 0 Å². The first-order valence-corrected chi connectivity index (χ1v) is 8.19. The summed E-state index contributed by atoms with van der Waals surface area (Å²) in [7, 11) is 0. The van der Waals surface area contributed by atoms with E-state index in [2.05, 4.69) is 30.6 Å². The monoisotopic (exact) mass is 312 g/mol. The van der Waals surface area contributed by atoms with E-state index in [0.717, 1.165) is 30.9 Å². The molecule has 0 aromatic carbocycles. The zero-order valence-corrected chi connectivity index (χ0v) is 12.9. The number of hydrogen-bond donors (Lipinski definition) is 2. The van der Waals surface area contributed by atoms with Crippen molar-refractivity contribution >= 4 is 11.7 Å². The largest absolute Gasteiger partial charge is 0.350 e. The molecule has 1 saturated carbocycles. The van der Waals surface area contributed by atoms with Gasteiger partial charge in [0.2, 0.25) is 0 Å². The van der Waals surface area contributed by atoms with Gasteiger partial charge in [0.1, 0.15) is 5.69 Å². The topological polar surface area (TPSA) is 86.8 Å². The van der Waals surface area contributed by atoms with Crippen LogP contribution in [0.25, 0.3) is 0 Å². The van der Waals surface area contributed by atoms with Crippen LogP contribution in [0.3, 0.4) is 0 Å². The van der Waals surface area contributed by atoms with Crippen molar-refractivity contribution < 1.29 is 4.79 Å². The summed E-state index contributed by atoms with van der Waals surface area (Å²) in [4.78, 5) is 14.5. The van der Waals surface area contributed by atoms with Crippen LogP contribution in [-0.2, 0) is 0 Å². The molecule has 3 heterocycles. The van der Waals surface area contributed by atoms with Crippen molar-refractivity contribution in [2.75, 3.05) is 18.0 Å². The summed E-state index contributed by atoms with van der Waals surface area (Å²) >= 11 is 0. The molecule has 23 heavy (non-hydrogen) atoms. The summed E-state index contributed by atoms with van der Waals surface area (Å²) in [5, 5.41) is 18.2. The molecule has 1 aliphatic carbocycles. The van der Waals surface area contributed by atoms with E-state index >= 15 is 0 Å². The van der Waals surface area contributed by atoms with Crippen LogP contribution in [0.5, 0.6) is 0 Å². The molecule has 0 bridgehead atoms. The van der Waals surface area contributed by atoms with Crippen LogP contribution in [0.15, 0.2) is 24.4 Å². The standard InChI is InChI=1S/C16H20N6O/c23-16(14-9-13(19-20-14)11-5-6-11)17-10-12-3-2-8-22(12)15-4-1-7-18-21-15/h1,4,7,9,11-12H,2-3,5-6,8,10H2,(H,17,23)(H,19,20). The summed E-state index contributed by atoms with van der Waals surface area (Å²) in [5.74, 6) is 1.34. The van der Waals surface area contributed by atoms with E-state index in [1.54, 1.807) is 6.20 Å². The van der Waals surface area contributed by atoms with Gasteiger partial charge >= 0.3 is 0 Å². The first-order chi connectivity index (χ1) is 11.3. The van der Waals surface area contributed by atoms with E-state index in [0.29, 0.717) is 18.2 Å². The van der Waals surface area contributed by atoms with E-state index in [1.165, 1.54) is 12.8 Å². The van der Waals surface area contributed by atoms with Gasteiger partial charge in [-0.1, -0.05) is 0 Å². The van der Waals surface area contributed by atoms with Gasteiger partial charge in [-0.05, 0) is 43.9 Å². The SMILES string of the molecule is O=C(NCC1CCCN1c1cccnn1)c1cc(C2CC2)[nH]n1. The molecule has 1 amide bonds. The highest BCUT2D eigenvalue weighted by Crippen LogP contribution is 2.38. The zero-order chi connectivity index (χ0) is 15.6. The average molecular weight is 312 g/mol. The number of nitrogens with one attached hydrogen (secondary N) is 2. The number of H-pyrrole nitrogens is 1. The van der Waals surface area contributed by atoms with Crippen LogP contribution < -0.4 is 10.2 Å². The van der Waals surface area contributed by atoms with Crippen molar-refractivity contribution in [1.82, 2.24) is 25.7 Å². The molecule has 120 valence electrons. The fourth-order valence-corrected chi connectivity index (χ4v) is 3.15. The number of carbonyl (C=O) groups is 1. The molecule has 0 spiro atoms. The second kappa shape index (κ2) is 5.98. The molecular formula is C16H20N6O. The molecule has 1 unspecified atom stereocenters. The van der Waals surface area contributed by atoms with Crippen molar-refractivity contribution in [2.45, 2.75) is 37.6 Å². The smallest absolute Gasteiger partial charge is 0.271 e. The molecule has 2 aliphatic rings. The fourth-order valence-electron chi connectivity index (χ4n) is 3.15. The third-order valence-electron chi connectivity index (χ3n) is 4.58. The predicted molar refractivity (Wildman–Crippen MR) is 85.3 cm³/mol. The Labute approximate surface area is 134 Å². The number of carbonyl (C=O) groups excluding carboxylic acids is 1. The van der Waals surface area contributed by atoms with Crippen LogP contribution >= 0.6 is 0 Å². The van der Waals surface area contributed by atoms with Crippen LogP contribution in [0.2, 0.25) is 0 Å². The Hall–Kier alpha value is -2.44. The van der Waals surface area contributed by atoms with E-state index < -0.39 is 0 Å². The molecule has 2 aromatic heterocycles. The molecule has 4 rings (SSSR count). The highest BCUT2D eigenvalue weighted by atomic mass is 16.1. The van der Waals surface area contributed by atoms with Crippen molar-refractivity contribution in [1.29, 1.82) is 0 Å². The molecular weight excluding hydrogens is 292 g/mol. The summed E-state index contributed by atoms with van der Waals surface area (Å²) < 4.78 is 0. The van der Waals surface area contributed by atoms with E-state index in [-0.39, 0.29) is 11.9 Å². The van der Waals surface area contributed by atoms with Gasteiger partial charge in [0.25, 0.3) is 5.91 Å². The minimum absolute atomic E-state index is 0.112. The quantitative estimate of drug-likeness (QED) is 0.873. The van der Waals surface area contributed by atoms with Crippen molar-refractivity contribution in [3.8, 4) is 0 Å². The third-order valence-corrected chi connectivity index (χ3v) is 4.58. The molecule has 7 heteroatoms. The summed E-state index contributed by atoms with van der Waals surface area (Å²) in [5.41, 5.74) is 1.56. The Morgan fingerprint density at radius 1 is 1.39 bits per heavy atom. The second-order valence-corrected chi connectivity index (χ2v) is 6.26. The summed E-state index contributed by atoms with van der Waals surface area (Å²) in [6.45, 7) is 1.55. The van der Waals surface area contributed by atoms with Gasteiger partial charge in [0.15, 0.2) is 5.82 Å². The Morgan fingerprint density at radius 3 is 3.09 bits per heavy atom. The number of amides is 1. The summed E-state index contributed by atoms with van der Waals surface area (Å²) in [6, 6.07) is 5.99. The Morgan fingerprint density at radius 2 is 2.30 bits per heavy atom. The van der Waals surface area contributed by atoms with Crippen LogP contribution in [-0.4, -0.2) is 45.4 Å². The number of hydrogen-bond acceptors (Lipinski definition) is 5. The number of aromatic nitrogens is 4. The lowest BCUT2D eigenvalue weighted by molar-refractivity contribution is 0.0946.